The Hall–Kier alpha value is -1.41. The highest BCUT2D eigenvalue weighted by atomic mass is 14.9. The number of fused-ring (bicyclic) bond motifs is 1. The number of aromatic nitrogens is 1. The van der Waals surface area contributed by atoms with E-state index in [2.05, 4.69) is 48.4 Å². The van der Waals surface area contributed by atoms with Gasteiger partial charge in [-0.3, -0.25) is 4.98 Å². The highest BCUT2D eigenvalue weighted by molar-refractivity contribution is 5.84. The first-order chi connectivity index (χ1) is 9.67. The van der Waals surface area contributed by atoms with Crippen molar-refractivity contribution in [1.82, 2.24) is 10.3 Å². The fourth-order valence-electron chi connectivity index (χ4n) is 3.43. The summed E-state index contributed by atoms with van der Waals surface area (Å²) in [6.45, 7) is 5.71. The summed E-state index contributed by atoms with van der Waals surface area (Å²) in [6.07, 6.45) is 9.31. The topological polar surface area (TPSA) is 24.9 Å². The molecule has 1 fully saturated rings. The molecule has 20 heavy (non-hydrogen) atoms. The van der Waals surface area contributed by atoms with Crippen molar-refractivity contribution in [2.75, 3.05) is 0 Å². The van der Waals surface area contributed by atoms with Crippen LogP contribution in [0.5, 0.6) is 0 Å². The molecule has 0 amide bonds. The van der Waals surface area contributed by atoms with Crippen molar-refractivity contribution in [3.8, 4) is 0 Å². The van der Waals surface area contributed by atoms with E-state index in [4.69, 9.17) is 0 Å². The molecule has 1 unspecified atom stereocenters. The second kappa shape index (κ2) is 5.53. The summed E-state index contributed by atoms with van der Waals surface area (Å²) in [4.78, 5) is 4.37. The lowest BCUT2D eigenvalue weighted by molar-refractivity contribution is 0.167. The molecular weight excluding hydrogens is 244 g/mol. The van der Waals surface area contributed by atoms with Crippen LogP contribution >= 0.6 is 0 Å². The van der Waals surface area contributed by atoms with E-state index in [1.54, 1.807) is 0 Å². The lowest BCUT2D eigenvalue weighted by Crippen LogP contribution is -2.43. The summed E-state index contributed by atoms with van der Waals surface area (Å²) >= 11 is 0. The van der Waals surface area contributed by atoms with Gasteiger partial charge in [-0.25, -0.2) is 0 Å². The van der Waals surface area contributed by atoms with Crippen molar-refractivity contribution in [1.29, 1.82) is 0 Å². The van der Waals surface area contributed by atoms with Crippen molar-refractivity contribution >= 4 is 10.8 Å². The van der Waals surface area contributed by atoms with E-state index in [0.29, 0.717) is 11.5 Å². The maximum Gasteiger partial charge on any atom is 0.0346 e. The molecule has 2 aromatic rings. The molecular formula is C18H24N2. The first-order valence-corrected chi connectivity index (χ1v) is 7.72. The number of pyridine rings is 1. The van der Waals surface area contributed by atoms with Crippen LogP contribution < -0.4 is 5.32 Å². The van der Waals surface area contributed by atoms with Gasteiger partial charge in [0.15, 0.2) is 0 Å². The molecule has 1 N–H and O–H groups in total. The summed E-state index contributed by atoms with van der Waals surface area (Å²) in [5.41, 5.74) is 1.72. The van der Waals surface area contributed by atoms with Crippen LogP contribution in [0.25, 0.3) is 10.8 Å². The molecule has 1 aliphatic carbocycles. The molecule has 0 aliphatic heterocycles. The minimum absolute atomic E-state index is 0.413. The third-order valence-corrected chi connectivity index (χ3v) is 4.80. The summed E-state index contributed by atoms with van der Waals surface area (Å²) in [7, 11) is 0. The van der Waals surface area contributed by atoms with Gasteiger partial charge in [0.1, 0.15) is 0 Å². The molecule has 2 nitrogen and oxygen atoms in total. The predicted octanol–water partition coefficient (Wildman–Crippen LogP) is 4.29. The minimum atomic E-state index is 0.413. The van der Waals surface area contributed by atoms with Crippen molar-refractivity contribution < 1.29 is 0 Å². The molecule has 0 bridgehead atoms. The number of hydrogen-bond acceptors (Lipinski definition) is 2. The Morgan fingerprint density at radius 2 is 2.05 bits per heavy atom. The van der Waals surface area contributed by atoms with E-state index in [0.717, 1.165) is 6.54 Å². The van der Waals surface area contributed by atoms with Gasteiger partial charge in [-0.15, -0.1) is 0 Å². The summed E-state index contributed by atoms with van der Waals surface area (Å²) in [5, 5.41) is 6.33. The van der Waals surface area contributed by atoms with Crippen LogP contribution in [-0.2, 0) is 6.54 Å². The van der Waals surface area contributed by atoms with Crippen LogP contribution in [0.4, 0.5) is 0 Å². The standard InChI is InChI=1S/C18H24N2/c1-18(2)10-6-5-9-17(18)20-13-15-12-19-11-14-7-3-4-8-16(14)15/h3-4,7-8,11-12,17,20H,5-6,9-10,13H2,1-2H3. The van der Waals surface area contributed by atoms with E-state index >= 15 is 0 Å². The third-order valence-electron chi connectivity index (χ3n) is 4.80. The zero-order valence-corrected chi connectivity index (χ0v) is 12.5. The van der Waals surface area contributed by atoms with Gasteiger partial charge in [-0.1, -0.05) is 51.0 Å². The van der Waals surface area contributed by atoms with Gasteiger partial charge in [0.05, 0.1) is 0 Å². The van der Waals surface area contributed by atoms with E-state index in [-0.39, 0.29) is 0 Å². The lowest BCUT2D eigenvalue weighted by Gasteiger charge is -2.39. The van der Waals surface area contributed by atoms with Crippen LogP contribution in [0.2, 0.25) is 0 Å². The van der Waals surface area contributed by atoms with Crippen molar-refractivity contribution in [2.45, 2.75) is 52.1 Å². The first kappa shape index (κ1) is 13.6. The maximum absolute atomic E-state index is 4.37. The van der Waals surface area contributed by atoms with Gasteiger partial charge in [0, 0.05) is 30.4 Å². The Morgan fingerprint density at radius 1 is 1.20 bits per heavy atom. The van der Waals surface area contributed by atoms with Crippen molar-refractivity contribution in [3.05, 3.63) is 42.2 Å². The Balaban J connectivity index is 1.77. The molecule has 0 saturated heterocycles. The van der Waals surface area contributed by atoms with E-state index in [9.17, 15) is 0 Å². The number of benzene rings is 1. The highest BCUT2D eigenvalue weighted by Crippen LogP contribution is 2.35. The molecule has 1 aromatic heterocycles. The van der Waals surface area contributed by atoms with Crippen LogP contribution in [0.1, 0.15) is 45.1 Å². The van der Waals surface area contributed by atoms with Crippen LogP contribution in [0.3, 0.4) is 0 Å². The average molecular weight is 268 g/mol. The van der Waals surface area contributed by atoms with Gasteiger partial charge in [-0.2, -0.15) is 0 Å². The summed E-state index contributed by atoms with van der Waals surface area (Å²) in [6, 6.07) is 9.13. The fourth-order valence-corrected chi connectivity index (χ4v) is 3.43. The van der Waals surface area contributed by atoms with E-state index < -0.39 is 0 Å². The van der Waals surface area contributed by atoms with Crippen LogP contribution in [0.15, 0.2) is 36.7 Å². The molecule has 106 valence electrons. The fraction of sp³-hybridized carbons (Fsp3) is 0.500. The molecule has 1 heterocycles. The van der Waals surface area contributed by atoms with Crippen LogP contribution in [0, 0.1) is 5.41 Å². The van der Waals surface area contributed by atoms with Gasteiger partial charge in [-0.05, 0) is 29.2 Å². The first-order valence-electron chi connectivity index (χ1n) is 7.72. The quantitative estimate of drug-likeness (QED) is 0.898. The Kier molecular flexibility index (Phi) is 3.75. The SMILES string of the molecule is CC1(C)CCCCC1NCc1cncc2ccccc12. The van der Waals surface area contributed by atoms with E-state index in [1.165, 1.54) is 42.0 Å². The smallest absolute Gasteiger partial charge is 0.0346 e. The monoisotopic (exact) mass is 268 g/mol. The second-order valence-corrected chi connectivity index (χ2v) is 6.69. The normalized spacial score (nSPS) is 22.0. The molecule has 1 aliphatic rings. The Morgan fingerprint density at radius 3 is 2.90 bits per heavy atom. The predicted molar refractivity (Wildman–Crippen MR) is 84.6 cm³/mol. The maximum atomic E-state index is 4.37. The molecule has 1 atom stereocenters. The lowest BCUT2D eigenvalue weighted by atomic mass is 9.73. The van der Waals surface area contributed by atoms with Gasteiger partial charge in [0.2, 0.25) is 0 Å². The van der Waals surface area contributed by atoms with Crippen molar-refractivity contribution in [3.63, 3.8) is 0 Å². The number of nitrogens with one attached hydrogen (secondary N) is 1. The zero-order chi connectivity index (χ0) is 14.0. The molecule has 2 heteroatoms. The zero-order valence-electron chi connectivity index (χ0n) is 12.5. The summed E-state index contributed by atoms with van der Waals surface area (Å²) < 4.78 is 0. The minimum Gasteiger partial charge on any atom is -0.309 e. The largest absolute Gasteiger partial charge is 0.309 e. The Bertz CT molecular complexity index is 583. The average Bonchev–Trinajstić information content (AvgIpc) is 2.46. The van der Waals surface area contributed by atoms with Gasteiger partial charge >= 0.3 is 0 Å². The highest BCUT2D eigenvalue weighted by Gasteiger charge is 2.31. The summed E-state index contributed by atoms with van der Waals surface area (Å²) in [5.74, 6) is 0. The number of rotatable bonds is 3. The molecule has 3 rings (SSSR count). The third kappa shape index (κ3) is 2.71. The van der Waals surface area contributed by atoms with Crippen LogP contribution in [-0.4, -0.2) is 11.0 Å². The van der Waals surface area contributed by atoms with Gasteiger partial charge in [0.25, 0.3) is 0 Å². The van der Waals surface area contributed by atoms with Gasteiger partial charge < -0.3 is 5.32 Å². The van der Waals surface area contributed by atoms with E-state index in [1.807, 2.05) is 12.4 Å². The van der Waals surface area contributed by atoms with Crippen molar-refractivity contribution in [2.24, 2.45) is 5.41 Å². The molecule has 1 saturated carbocycles. The Labute approximate surface area is 121 Å². The molecule has 0 radical (unpaired) electrons. The molecule has 0 spiro atoms. The number of nitrogens with zero attached hydrogens (tertiary/aromatic N) is 1. The molecule has 1 aromatic carbocycles. The second-order valence-electron chi connectivity index (χ2n) is 6.69. The number of hydrogen-bond donors (Lipinski definition) is 1.